The molecule has 2 amide bonds. The number of hydrogen-bond acceptors (Lipinski definition) is 6. The van der Waals surface area contributed by atoms with Crippen molar-refractivity contribution in [2.45, 2.75) is 38.6 Å². The molecule has 4 rings (SSSR count). The lowest BCUT2D eigenvalue weighted by atomic mass is 10.1. The maximum absolute atomic E-state index is 13.0. The van der Waals surface area contributed by atoms with Gasteiger partial charge in [-0.25, -0.2) is 9.97 Å². The van der Waals surface area contributed by atoms with Gasteiger partial charge >= 0.3 is 0 Å². The molecule has 0 aliphatic carbocycles. The number of carbonyl (C=O) groups is 2. The molecule has 2 aromatic rings. The topological polar surface area (TPSA) is 84.9 Å². The van der Waals surface area contributed by atoms with Gasteiger partial charge in [0.25, 0.3) is 5.91 Å². The summed E-state index contributed by atoms with van der Waals surface area (Å²) in [7, 11) is 1.64. The van der Waals surface area contributed by atoms with Crippen molar-refractivity contribution in [1.82, 2.24) is 19.8 Å². The van der Waals surface area contributed by atoms with Crippen LogP contribution < -0.4 is 4.74 Å². The molecule has 2 saturated heterocycles. The van der Waals surface area contributed by atoms with Crippen LogP contribution in [0.2, 0.25) is 0 Å². The second-order valence-corrected chi connectivity index (χ2v) is 8.23. The predicted molar refractivity (Wildman–Crippen MR) is 118 cm³/mol. The number of aryl methyl sites for hydroxylation is 2. The molecule has 8 nitrogen and oxygen atoms in total. The average Bonchev–Trinajstić information content (AvgIpc) is 3.33. The predicted octanol–water partition coefficient (Wildman–Crippen LogP) is 2.56. The van der Waals surface area contributed by atoms with E-state index < -0.39 is 0 Å². The first-order chi connectivity index (χ1) is 15.6. The maximum atomic E-state index is 13.0. The molecule has 2 fully saturated rings. The van der Waals surface area contributed by atoms with Crippen LogP contribution >= 0.6 is 0 Å². The second-order valence-electron chi connectivity index (χ2n) is 8.23. The van der Waals surface area contributed by atoms with Crippen molar-refractivity contribution in [1.29, 1.82) is 0 Å². The third kappa shape index (κ3) is 4.91. The zero-order chi connectivity index (χ0) is 22.5. The summed E-state index contributed by atoms with van der Waals surface area (Å²) in [6.45, 7) is 4.82. The number of carbonyl (C=O) groups excluding carboxylic acids is 2. The fourth-order valence-corrected chi connectivity index (χ4v) is 4.31. The van der Waals surface area contributed by atoms with Crippen LogP contribution in [0.15, 0.2) is 30.5 Å². The van der Waals surface area contributed by atoms with E-state index in [-0.39, 0.29) is 17.9 Å². The zero-order valence-electron chi connectivity index (χ0n) is 18.7. The molecule has 1 aromatic heterocycles. The van der Waals surface area contributed by atoms with Crippen LogP contribution in [-0.4, -0.2) is 71.5 Å². The second kappa shape index (κ2) is 10.1. The summed E-state index contributed by atoms with van der Waals surface area (Å²) in [5.74, 6) is 1.48. The van der Waals surface area contributed by atoms with E-state index in [0.29, 0.717) is 62.8 Å². The molecule has 3 heterocycles. The van der Waals surface area contributed by atoms with Crippen molar-refractivity contribution >= 4 is 11.8 Å². The molecule has 0 spiro atoms. The lowest BCUT2D eigenvalue weighted by Crippen LogP contribution is -2.41. The van der Waals surface area contributed by atoms with Gasteiger partial charge in [0.15, 0.2) is 5.82 Å². The number of aromatic nitrogens is 2. The van der Waals surface area contributed by atoms with Crippen molar-refractivity contribution < 1.29 is 19.1 Å². The SMILES string of the molecule is COc1ccc(CCC(=O)N2CCC[C@H]2c2ncc(C(=O)N3CCOCC3)c(C)n2)cc1. The highest BCUT2D eigenvalue weighted by molar-refractivity contribution is 5.95. The highest BCUT2D eigenvalue weighted by Gasteiger charge is 2.32. The minimum absolute atomic E-state index is 0.0591. The molecular weight excluding hydrogens is 408 g/mol. The summed E-state index contributed by atoms with van der Waals surface area (Å²) in [6.07, 6.45) is 4.50. The summed E-state index contributed by atoms with van der Waals surface area (Å²) in [6, 6.07) is 7.67. The Morgan fingerprint density at radius 1 is 1.16 bits per heavy atom. The molecule has 2 aliphatic heterocycles. The van der Waals surface area contributed by atoms with Gasteiger partial charge in [-0.3, -0.25) is 9.59 Å². The van der Waals surface area contributed by atoms with Crippen molar-refractivity contribution in [2.75, 3.05) is 40.0 Å². The van der Waals surface area contributed by atoms with Crippen LogP contribution in [0.4, 0.5) is 0 Å². The lowest BCUT2D eigenvalue weighted by Gasteiger charge is -2.27. The number of nitrogens with zero attached hydrogens (tertiary/aromatic N) is 4. The number of benzene rings is 1. The van der Waals surface area contributed by atoms with Gasteiger partial charge < -0.3 is 19.3 Å². The molecule has 0 radical (unpaired) electrons. The number of amides is 2. The van der Waals surface area contributed by atoms with Crippen LogP contribution in [-0.2, 0) is 16.0 Å². The van der Waals surface area contributed by atoms with Gasteiger partial charge in [0, 0.05) is 32.3 Å². The lowest BCUT2D eigenvalue weighted by molar-refractivity contribution is -0.132. The number of ether oxygens (including phenoxy) is 2. The van der Waals surface area contributed by atoms with Gasteiger partial charge in [0.2, 0.25) is 5.91 Å². The van der Waals surface area contributed by atoms with Gasteiger partial charge in [-0.2, -0.15) is 0 Å². The normalized spacial score (nSPS) is 18.6. The molecule has 32 heavy (non-hydrogen) atoms. The Hall–Kier alpha value is -3.00. The van der Waals surface area contributed by atoms with Crippen molar-refractivity contribution in [3.63, 3.8) is 0 Å². The first-order valence-corrected chi connectivity index (χ1v) is 11.2. The quantitative estimate of drug-likeness (QED) is 0.689. The standard InChI is InChI=1S/C24H30N4O4/c1-17-20(24(30)27-12-14-32-15-13-27)16-25-23(26-17)21-4-3-11-28(21)22(29)10-7-18-5-8-19(31-2)9-6-18/h5-6,8-9,16,21H,3-4,7,10-15H2,1-2H3/t21-/m0/s1. The molecule has 2 aliphatic rings. The van der Waals surface area contributed by atoms with Gasteiger partial charge in [-0.05, 0) is 43.9 Å². The Kier molecular flexibility index (Phi) is 6.99. The molecule has 1 aromatic carbocycles. The fourth-order valence-electron chi connectivity index (χ4n) is 4.31. The van der Waals surface area contributed by atoms with E-state index >= 15 is 0 Å². The van der Waals surface area contributed by atoms with Crippen LogP contribution in [0.3, 0.4) is 0 Å². The molecule has 8 heteroatoms. The van der Waals surface area contributed by atoms with Crippen molar-refractivity contribution in [2.24, 2.45) is 0 Å². The minimum atomic E-state index is -0.135. The Labute approximate surface area is 188 Å². The number of rotatable bonds is 6. The molecule has 0 bridgehead atoms. The summed E-state index contributed by atoms with van der Waals surface area (Å²) >= 11 is 0. The van der Waals surface area contributed by atoms with Gasteiger partial charge in [-0.1, -0.05) is 12.1 Å². The van der Waals surface area contributed by atoms with E-state index in [2.05, 4.69) is 9.97 Å². The molecule has 1 atom stereocenters. The third-order valence-electron chi connectivity index (χ3n) is 6.18. The van der Waals surface area contributed by atoms with Crippen LogP contribution in [0, 0.1) is 6.92 Å². The van der Waals surface area contributed by atoms with Crippen LogP contribution in [0.1, 0.15) is 52.7 Å². The van der Waals surface area contributed by atoms with E-state index in [9.17, 15) is 9.59 Å². The summed E-state index contributed by atoms with van der Waals surface area (Å²) in [5, 5.41) is 0. The van der Waals surface area contributed by atoms with Gasteiger partial charge in [0.1, 0.15) is 5.75 Å². The zero-order valence-corrected chi connectivity index (χ0v) is 18.7. The van der Waals surface area contributed by atoms with E-state index in [0.717, 1.165) is 24.2 Å². The van der Waals surface area contributed by atoms with Crippen LogP contribution in [0.25, 0.3) is 0 Å². The van der Waals surface area contributed by atoms with Gasteiger partial charge in [-0.15, -0.1) is 0 Å². The summed E-state index contributed by atoms with van der Waals surface area (Å²) in [5.41, 5.74) is 2.28. The Balaban J connectivity index is 1.41. The van der Waals surface area contributed by atoms with E-state index in [4.69, 9.17) is 9.47 Å². The smallest absolute Gasteiger partial charge is 0.257 e. The van der Waals surface area contributed by atoms with Crippen LogP contribution in [0.5, 0.6) is 5.75 Å². The molecule has 170 valence electrons. The fraction of sp³-hybridized carbons (Fsp3) is 0.500. The van der Waals surface area contributed by atoms with E-state index in [1.807, 2.05) is 36.1 Å². The number of hydrogen-bond donors (Lipinski definition) is 0. The maximum Gasteiger partial charge on any atom is 0.257 e. The number of morpholine rings is 1. The summed E-state index contributed by atoms with van der Waals surface area (Å²) in [4.78, 5) is 38.6. The minimum Gasteiger partial charge on any atom is -0.497 e. The Morgan fingerprint density at radius 2 is 1.91 bits per heavy atom. The summed E-state index contributed by atoms with van der Waals surface area (Å²) < 4.78 is 10.5. The molecule has 0 unspecified atom stereocenters. The molecule has 0 saturated carbocycles. The average molecular weight is 439 g/mol. The highest BCUT2D eigenvalue weighted by Crippen LogP contribution is 2.31. The van der Waals surface area contributed by atoms with Gasteiger partial charge in [0.05, 0.1) is 37.6 Å². The first kappa shape index (κ1) is 22.2. The Bertz CT molecular complexity index is 957. The Morgan fingerprint density at radius 3 is 2.59 bits per heavy atom. The molecule has 0 N–H and O–H groups in total. The largest absolute Gasteiger partial charge is 0.497 e. The van der Waals surface area contributed by atoms with E-state index in [1.54, 1.807) is 18.2 Å². The molecular formula is C24H30N4O4. The van der Waals surface area contributed by atoms with Crippen molar-refractivity contribution in [3.8, 4) is 5.75 Å². The third-order valence-corrected chi connectivity index (χ3v) is 6.18. The highest BCUT2D eigenvalue weighted by atomic mass is 16.5. The number of likely N-dealkylation sites (tertiary alicyclic amines) is 1. The number of methoxy groups -OCH3 is 1. The first-order valence-electron chi connectivity index (χ1n) is 11.2. The monoisotopic (exact) mass is 438 g/mol. The van der Waals surface area contributed by atoms with Crippen molar-refractivity contribution in [3.05, 3.63) is 53.1 Å². The van der Waals surface area contributed by atoms with E-state index in [1.165, 1.54) is 0 Å².